The van der Waals surface area contributed by atoms with Crippen LogP contribution in [0.15, 0.2) is 36.1 Å². The Kier molecular flexibility index (Phi) is 2.50. The number of aliphatic hydroxyl groups excluding tert-OH is 1. The predicted octanol–water partition coefficient (Wildman–Crippen LogP) is 2.16. The highest BCUT2D eigenvalue weighted by atomic mass is 19.1. The highest BCUT2D eigenvalue weighted by molar-refractivity contribution is 5.24. The van der Waals surface area contributed by atoms with E-state index in [1.807, 2.05) is 6.08 Å². The molecule has 1 N–H and O–H groups in total. The molecule has 1 aromatic carbocycles. The van der Waals surface area contributed by atoms with Crippen molar-refractivity contribution in [3.8, 4) is 0 Å². The van der Waals surface area contributed by atoms with Gasteiger partial charge in [0.2, 0.25) is 0 Å². The molecule has 0 aliphatic carbocycles. The molecule has 14 heavy (non-hydrogen) atoms. The van der Waals surface area contributed by atoms with Gasteiger partial charge in [-0.15, -0.1) is 0 Å². The first-order valence-electron chi connectivity index (χ1n) is 4.54. The molecule has 0 saturated carbocycles. The lowest BCUT2D eigenvalue weighted by Crippen LogP contribution is -2.02. The van der Waals surface area contributed by atoms with Gasteiger partial charge < -0.3 is 9.84 Å². The Morgan fingerprint density at radius 2 is 2.00 bits per heavy atom. The fourth-order valence-corrected chi connectivity index (χ4v) is 1.44. The molecular weight excluding hydrogens is 183 g/mol. The third-order valence-corrected chi connectivity index (χ3v) is 2.19. The van der Waals surface area contributed by atoms with Gasteiger partial charge in [-0.25, -0.2) is 4.39 Å². The summed E-state index contributed by atoms with van der Waals surface area (Å²) in [5, 5.41) is 9.80. The van der Waals surface area contributed by atoms with E-state index < -0.39 is 6.10 Å². The summed E-state index contributed by atoms with van der Waals surface area (Å²) in [6, 6.07) is 5.77. The first-order chi connectivity index (χ1) is 6.77. The molecular formula is C11H11FO2. The van der Waals surface area contributed by atoms with Crippen LogP contribution in [-0.4, -0.2) is 11.7 Å². The lowest BCUT2D eigenvalue weighted by Gasteiger charge is -2.12. The second kappa shape index (κ2) is 3.80. The van der Waals surface area contributed by atoms with Gasteiger partial charge in [0, 0.05) is 6.42 Å². The Balaban J connectivity index is 2.18. The lowest BCUT2D eigenvalue weighted by atomic mass is 10.1. The number of benzene rings is 1. The fraction of sp³-hybridized carbons (Fsp3) is 0.273. The van der Waals surface area contributed by atoms with Gasteiger partial charge in [-0.05, 0) is 23.8 Å². The van der Waals surface area contributed by atoms with Crippen LogP contribution in [0.4, 0.5) is 4.39 Å². The molecule has 0 bridgehead atoms. The maximum atomic E-state index is 12.6. The van der Waals surface area contributed by atoms with Crippen LogP contribution >= 0.6 is 0 Å². The van der Waals surface area contributed by atoms with Gasteiger partial charge in [0.15, 0.2) is 0 Å². The van der Waals surface area contributed by atoms with E-state index >= 15 is 0 Å². The molecule has 0 amide bonds. The molecule has 1 atom stereocenters. The third kappa shape index (κ3) is 1.77. The van der Waals surface area contributed by atoms with Crippen LogP contribution in [0.5, 0.6) is 0 Å². The van der Waals surface area contributed by atoms with Gasteiger partial charge in [-0.2, -0.15) is 0 Å². The van der Waals surface area contributed by atoms with E-state index in [0.717, 1.165) is 6.42 Å². The summed E-state index contributed by atoms with van der Waals surface area (Å²) < 4.78 is 17.8. The van der Waals surface area contributed by atoms with Crippen molar-refractivity contribution in [2.24, 2.45) is 0 Å². The fourth-order valence-electron chi connectivity index (χ4n) is 1.44. The van der Waals surface area contributed by atoms with E-state index in [9.17, 15) is 9.50 Å². The maximum absolute atomic E-state index is 12.6. The molecule has 2 nitrogen and oxygen atoms in total. The summed E-state index contributed by atoms with van der Waals surface area (Å²) in [5.74, 6) is 0.263. The summed E-state index contributed by atoms with van der Waals surface area (Å²) in [4.78, 5) is 0. The molecule has 0 saturated heterocycles. The highest BCUT2D eigenvalue weighted by Gasteiger charge is 2.17. The zero-order valence-corrected chi connectivity index (χ0v) is 7.61. The minimum absolute atomic E-state index is 0.303. The number of ether oxygens (including phenoxy) is 1. The molecule has 3 heteroatoms. The summed E-state index contributed by atoms with van der Waals surface area (Å²) in [6.45, 7) is 0.619. The Morgan fingerprint density at radius 1 is 1.29 bits per heavy atom. The first-order valence-corrected chi connectivity index (χ1v) is 4.54. The van der Waals surface area contributed by atoms with Crippen LogP contribution in [0.1, 0.15) is 18.1 Å². The Hall–Kier alpha value is -1.35. The van der Waals surface area contributed by atoms with Crippen molar-refractivity contribution in [2.45, 2.75) is 12.5 Å². The quantitative estimate of drug-likeness (QED) is 0.781. The summed E-state index contributed by atoms with van der Waals surface area (Å²) in [6.07, 6.45) is 1.92. The lowest BCUT2D eigenvalue weighted by molar-refractivity contribution is 0.119. The molecule has 1 aliphatic heterocycles. The molecule has 0 aromatic heterocycles. The molecule has 74 valence electrons. The van der Waals surface area contributed by atoms with E-state index in [4.69, 9.17) is 4.74 Å². The Morgan fingerprint density at radius 3 is 2.57 bits per heavy atom. The molecule has 2 rings (SSSR count). The van der Waals surface area contributed by atoms with Crippen LogP contribution in [0.2, 0.25) is 0 Å². The standard InChI is InChI=1S/C11H11FO2/c12-9-5-3-8(4-6-9)11(13)10-2-1-7-14-10/h2-6,11,13H,1,7H2. The molecule has 0 spiro atoms. The van der Waals surface area contributed by atoms with Crippen LogP contribution < -0.4 is 0 Å². The zero-order chi connectivity index (χ0) is 9.97. The van der Waals surface area contributed by atoms with E-state index in [1.54, 1.807) is 12.1 Å². The smallest absolute Gasteiger partial charge is 0.136 e. The zero-order valence-electron chi connectivity index (χ0n) is 7.61. The summed E-state index contributed by atoms with van der Waals surface area (Å²) in [7, 11) is 0. The average molecular weight is 194 g/mol. The van der Waals surface area contributed by atoms with E-state index in [2.05, 4.69) is 0 Å². The van der Waals surface area contributed by atoms with Gasteiger partial charge in [0.05, 0.1) is 6.61 Å². The Bertz CT molecular complexity index is 343. The predicted molar refractivity (Wildman–Crippen MR) is 50.0 cm³/mol. The highest BCUT2D eigenvalue weighted by Crippen LogP contribution is 2.26. The minimum Gasteiger partial charge on any atom is -0.495 e. The van der Waals surface area contributed by atoms with Crippen molar-refractivity contribution in [3.05, 3.63) is 47.5 Å². The van der Waals surface area contributed by atoms with Crippen LogP contribution in [-0.2, 0) is 4.74 Å². The molecule has 1 unspecified atom stereocenters. The average Bonchev–Trinajstić information content (AvgIpc) is 2.71. The Labute approximate surface area is 81.6 Å². The second-order valence-corrected chi connectivity index (χ2v) is 3.20. The maximum Gasteiger partial charge on any atom is 0.136 e. The second-order valence-electron chi connectivity index (χ2n) is 3.20. The van der Waals surface area contributed by atoms with Crippen molar-refractivity contribution in [1.82, 2.24) is 0 Å². The monoisotopic (exact) mass is 194 g/mol. The molecule has 1 aliphatic rings. The van der Waals surface area contributed by atoms with Crippen molar-refractivity contribution in [3.63, 3.8) is 0 Å². The number of aliphatic hydroxyl groups is 1. The van der Waals surface area contributed by atoms with E-state index in [0.29, 0.717) is 17.9 Å². The van der Waals surface area contributed by atoms with Crippen LogP contribution in [0.3, 0.4) is 0 Å². The van der Waals surface area contributed by atoms with Crippen molar-refractivity contribution in [1.29, 1.82) is 0 Å². The van der Waals surface area contributed by atoms with Crippen LogP contribution in [0, 0.1) is 5.82 Å². The first kappa shape index (κ1) is 9.21. The van der Waals surface area contributed by atoms with Crippen molar-refractivity contribution < 1.29 is 14.2 Å². The molecule has 0 fully saturated rings. The molecule has 1 aromatic rings. The van der Waals surface area contributed by atoms with Gasteiger partial charge in [-0.1, -0.05) is 12.1 Å². The summed E-state index contributed by atoms with van der Waals surface area (Å²) >= 11 is 0. The molecule has 0 radical (unpaired) electrons. The number of rotatable bonds is 2. The van der Waals surface area contributed by atoms with Gasteiger partial charge in [0.25, 0.3) is 0 Å². The number of halogens is 1. The minimum atomic E-state index is -0.766. The number of hydrogen-bond donors (Lipinski definition) is 1. The van der Waals surface area contributed by atoms with E-state index in [1.165, 1.54) is 12.1 Å². The van der Waals surface area contributed by atoms with Crippen molar-refractivity contribution >= 4 is 0 Å². The van der Waals surface area contributed by atoms with Gasteiger partial charge >= 0.3 is 0 Å². The summed E-state index contributed by atoms with van der Waals surface area (Å²) in [5.41, 5.74) is 0.652. The topological polar surface area (TPSA) is 29.5 Å². The van der Waals surface area contributed by atoms with Gasteiger partial charge in [-0.3, -0.25) is 0 Å². The van der Waals surface area contributed by atoms with E-state index in [-0.39, 0.29) is 5.82 Å². The third-order valence-electron chi connectivity index (χ3n) is 2.19. The van der Waals surface area contributed by atoms with Crippen molar-refractivity contribution in [2.75, 3.05) is 6.61 Å². The molecule has 1 heterocycles. The van der Waals surface area contributed by atoms with Crippen LogP contribution in [0.25, 0.3) is 0 Å². The largest absolute Gasteiger partial charge is 0.495 e. The van der Waals surface area contributed by atoms with Gasteiger partial charge in [0.1, 0.15) is 17.7 Å². The number of hydrogen-bond acceptors (Lipinski definition) is 2. The SMILES string of the molecule is OC(C1=CCCO1)c1ccc(F)cc1. The normalized spacial score (nSPS) is 17.4.